The Kier molecular flexibility index (Phi) is 13.3. The summed E-state index contributed by atoms with van der Waals surface area (Å²) >= 11 is 0. The Morgan fingerprint density at radius 1 is 0.900 bits per heavy atom. The minimum absolute atomic E-state index is 0.0513. The molecule has 1 rings (SSSR count). The lowest BCUT2D eigenvalue weighted by atomic mass is 9.98. The third kappa shape index (κ3) is 10.3. The number of hydrogen-bond acceptors (Lipinski definition) is 8. The molecule has 0 aromatic heterocycles. The molecule has 1 aliphatic rings. The van der Waals surface area contributed by atoms with Crippen molar-refractivity contribution in [2.24, 2.45) is 0 Å². The van der Waals surface area contributed by atoms with E-state index in [1.165, 1.54) is 7.11 Å². The van der Waals surface area contributed by atoms with Crippen LogP contribution in [0.1, 0.15) is 71.1 Å². The largest absolute Gasteiger partial charge is 0.481 e. The Morgan fingerprint density at radius 3 is 2.03 bits per heavy atom. The van der Waals surface area contributed by atoms with E-state index >= 15 is 0 Å². The van der Waals surface area contributed by atoms with E-state index in [-0.39, 0.29) is 24.9 Å². The van der Waals surface area contributed by atoms with Crippen LogP contribution in [0.4, 0.5) is 0 Å². The smallest absolute Gasteiger partial charge is 0.303 e. The summed E-state index contributed by atoms with van der Waals surface area (Å²) < 4.78 is 16.6. The van der Waals surface area contributed by atoms with Gasteiger partial charge in [-0.15, -0.1) is 0 Å². The van der Waals surface area contributed by atoms with Crippen molar-refractivity contribution in [3.8, 4) is 0 Å². The fraction of sp³-hybridized carbons (Fsp3) is 0.905. The molecule has 30 heavy (non-hydrogen) atoms. The van der Waals surface area contributed by atoms with Gasteiger partial charge in [0, 0.05) is 20.0 Å². The van der Waals surface area contributed by atoms with Crippen LogP contribution in [0.2, 0.25) is 0 Å². The molecular formula is C21H38O9. The number of ketones is 1. The van der Waals surface area contributed by atoms with Crippen molar-refractivity contribution in [1.82, 2.24) is 0 Å². The molecule has 1 fully saturated rings. The standard InChI is InChI=1S/C21H38O9/c1-14(22)9-5-3-6-10-15(11-7-4-8-12-17(23)24)29-21-20(27)19(26)18(25)16(30-21)13-28-2/h15-16,18-21,25-27H,3-13H2,1-2H3,(H,23,24)/t15-,16-,18-,19+,20-,21+/m0/s1. The van der Waals surface area contributed by atoms with Crippen molar-refractivity contribution in [3.63, 3.8) is 0 Å². The first kappa shape index (κ1) is 26.9. The molecule has 9 nitrogen and oxygen atoms in total. The van der Waals surface area contributed by atoms with Gasteiger partial charge in [0.05, 0.1) is 12.7 Å². The number of hydrogen-bond donors (Lipinski definition) is 4. The van der Waals surface area contributed by atoms with Crippen LogP contribution in [0.3, 0.4) is 0 Å². The highest BCUT2D eigenvalue weighted by atomic mass is 16.7. The summed E-state index contributed by atoms with van der Waals surface area (Å²) in [5.74, 6) is -0.652. The molecule has 0 radical (unpaired) electrons. The zero-order valence-corrected chi connectivity index (χ0v) is 18.1. The Morgan fingerprint density at radius 2 is 1.50 bits per heavy atom. The van der Waals surface area contributed by atoms with Gasteiger partial charge in [0.15, 0.2) is 6.29 Å². The van der Waals surface area contributed by atoms with Gasteiger partial charge in [-0.25, -0.2) is 0 Å². The summed E-state index contributed by atoms with van der Waals surface area (Å²) in [5.41, 5.74) is 0. The third-order valence-corrected chi connectivity index (χ3v) is 5.30. The van der Waals surface area contributed by atoms with E-state index in [0.29, 0.717) is 25.7 Å². The minimum Gasteiger partial charge on any atom is -0.481 e. The SMILES string of the molecule is COC[C@@H]1O[C@@H](O[C@@H](CCCCCC(C)=O)CCCCCC(=O)O)[C@@H](O)[C@H](O)[C@H]1O. The number of carboxylic acid groups (broad SMARTS) is 1. The molecule has 0 saturated carbocycles. The second kappa shape index (κ2) is 14.8. The van der Waals surface area contributed by atoms with Crippen molar-refractivity contribution < 1.29 is 44.2 Å². The number of carbonyl (C=O) groups is 2. The molecule has 1 heterocycles. The highest BCUT2D eigenvalue weighted by Crippen LogP contribution is 2.26. The summed E-state index contributed by atoms with van der Waals surface area (Å²) in [4.78, 5) is 21.7. The molecule has 6 atom stereocenters. The van der Waals surface area contributed by atoms with E-state index in [1.807, 2.05) is 0 Å². The van der Waals surface area contributed by atoms with Crippen molar-refractivity contribution >= 4 is 11.8 Å². The Bertz CT molecular complexity index is 475. The van der Waals surface area contributed by atoms with E-state index in [1.54, 1.807) is 6.92 Å². The summed E-state index contributed by atoms with van der Waals surface area (Å²) in [6.45, 7) is 1.62. The second-order valence-electron chi connectivity index (χ2n) is 8.02. The number of unbranched alkanes of at least 4 members (excludes halogenated alkanes) is 4. The molecule has 0 spiro atoms. The molecule has 1 saturated heterocycles. The predicted octanol–water partition coefficient (Wildman–Crippen LogP) is 1.40. The average Bonchev–Trinajstić information content (AvgIpc) is 2.68. The van der Waals surface area contributed by atoms with Crippen molar-refractivity contribution in [1.29, 1.82) is 0 Å². The molecule has 0 aromatic rings. The van der Waals surface area contributed by atoms with Crippen LogP contribution in [-0.4, -0.2) is 82.7 Å². The molecule has 0 aromatic carbocycles. The van der Waals surface area contributed by atoms with Crippen LogP contribution in [-0.2, 0) is 23.8 Å². The maximum Gasteiger partial charge on any atom is 0.303 e. The van der Waals surface area contributed by atoms with Crippen LogP contribution in [0.15, 0.2) is 0 Å². The maximum atomic E-state index is 11.1. The van der Waals surface area contributed by atoms with Gasteiger partial charge in [-0.05, 0) is 32.6 Å². The first-order valence-corrected chi connectivity index (χ1v) is 10.8. The molecular weight excluding hydrogens is 396 g/mol. The van der Waals surface area contributed by atoms with Crippen molar-refractivity contribution in [2.75, 3.05) is 13.7 Å². The summed E-state index contributed by atoms with van der Waals surface area (Å²) in [5, 5.41) is 39.2. The third-order valence-electron chi connectivity index (χ3n) is 5.30. The number of ether oxygens (including phenoxy) is 3. The summed E-state index contributed by atoms with van der Waals surface area (Å²) in [6.07, 6.45) is 0.418. The van der Waals surface area contributed by atoms with Gasteiger partial charge in [0.1, 0.15) is 30.2 Å². The number of methoxy groups -OCH3 is 1. The van der Waals surface area contributed by atoms with Crippen molar-refractivity contribution in [3.05, 3.63) is 0 Å². The van der Waals surface area contributed by atoms with Crippen LogP contribution < -0.4 is 0 Å². The van der Waals surface area contributed by atoms with Gasteiger partial charge in [-0.3, -0.25) is 4.79 Å². The van der Waals surface area contributed by atoms with Gasteiger partial charge < -0.3 is 39.4 Å². The van der Waals surface area contributed by atoms with Gasteiger partial charge in [-0.1, -0.05) is 25.7 Å². The summed E-state index contributed by atoms with van der Waals surface area (Å²) in [7, 11) is 1.45. The van der Waals surface area contributed by atoms with E-state index in [4.69, 9.17) is 19.3 Å². The molecule has 4 N–H and O–H groups in total. The minimum atomic E-state index is -1.41. The van der Waals surface area contributed by atoms with Crippen LogP contribution in [0.5, 0.6) is 0 Å². The number of carbonyl (C=O) groups excluding carboxylic acids is 1. The lowest BCUT2D eigenvalue weighted by Crippen LogP contribution is -2.59. The number of aliphatic hydroxyl groups excluding tert-OH is 3. The summed E-state index contributed by atoms with van der Waals surface area (Å²) in [6, 6.07) is 0. The van der Waals surface area contributed by atoms with E-state index < -0.39 is 36.7 Å². The number of aliphatic hydroxyl groups is 3. The van der Waals surface area contributed by atoms with E-state index in [2.05, 4.69) is 0 Å². The van der Waals surface area contributed by atoms with Gasteiger partial charge in [0.25, 0.3) is 0 Å². The monoisotopic (exact) mass is 434 g/mol. The fourth-order valence-corrected chi connectivity index (χ4v) is 3.55. The average molecular weight is 435 g/mol. The first-order chi connectivity index (χ1) is 14.3. The zero-order valence-electron chi connectivity index (χ0n) is 18.1. The quantitative estimate of drug-likeness (QED) is 0.265. The Hall–Kier alpha value is -1.10. The van der Waals surface area contributed by atoms with Crippen LogP contribution in [0.25, 0.3) is 0 Å². The maximum absolute atomic E-state index is 11.1. The van der Waals surface area contributed by atoms with E-state index in [9.17, 15) is 24.9 Å². The lowest BCUT2D eigenvalue weighted by Gasteiger charge is -2.41. The van der Waals surface area contributed by atoms with Crippen molar-refractivity contribution in [2.45, 2.75) is 108 Å². The number of aliphatic carboxylic acids is 1. The lowest BCUT2D eigenvalue weighted by molar-refractivity contribution is -0.313. The molecule has 1 aliphatic heterocycles. The Balaban J connectivity index is 2.59. The topological polar surface area (TPSA) is 143 Å². The molecule has 9 heteroatoms. The van der Waals surface area contributed by atoms with Gasteiger partial charge in [0.2, 0.25) is 0 Å². The highest BCUT2D eigenvalue weighted by Gasteiger charge is 2.44. The van der Waals surface area contributed by atoms with Crippen LogP contribution >= 0.6 is 0 Å². The predicted molar refractivity (Wildman–Crippen MR) is 108 cm³/mol. The number of Topliss-reactive ketones (excluding diaryl/α,β-unsaturated/α-hetero) is 1. The highest BCUT2D eigenvalue weighted by molar-refractivity contribution is 5.75. The zero-order chi connectivity index (χ0) is 22.5. The van der Waals surface area contributed by atoms with Crippen LogP contribution in [0, 0.1) is 0 Å². The van der Waals surface area contributed by atoms with E-state index in [0.717, 1.165) is 32.1 Å². The normalized spacial score (nSPS) is 27.7. The molecule has 176 valence electrons. The molecule has 0 aliphatic carbocycles. The molecule has 0 amide bonds. The molecule has 0 bridgehead atoms. The second-order valence-corrected chi connectivity index (χ2v) is 8.02. The first-order valence-electron chi connectivity index (χ1n) is 10.8. The molecule has 0 unspecified atom stereocenters. The Labute approximate surface area is 178 Å². The number of rotatable bonds is 16. The van der Waals surface area contributed by atoms with Gasteiger partial charge in [-0.2, -0.15) is 0 Å². The van der Waals surface area contributed by atoms with Gasteiger partial charge >= 0.3 is 5.97 Å². The number of carboxylic acids is 1. The fourth-order valence-electron chi connectivity index (χ4n) is 3.55.